The fourth-order valence-corrected chi connectivity index (χ4v) is 1.58. The summed E-state index contributed by atoms with van der Waals surface area (Å²) in [7, 11) is -1.68. The standard InChI is InChI=1S/C9H12BNO4/c1-6(2)9-7(10(12)13)4-3-5-8(9)11(14)15/h3-6,12-13H,1-2H3. The molecule has 0 heterocycles. The quantitative estimate of drug-likeness (QED) is 0.428. The first-order chi connectivity index (χ1) is 6.95. The van der Waals surface area contributed by atoms with Crippen LogP contribution in [0.3, 0.4) is 0 Å². The second kappa shape index (κ2) is 4.42. The van der Waals surface area contributed by atoms with E-state index >= 15 is 0 Å². The van der Waals surface area contributed by atoms with Crippen molar-refractivity contribution >= 4 is 18.3 Å². The van der Waals surface area contributed by atoms with Crippen LogP contribution in [-0.4, -0.2) is 22.1 Å². The Bertz CT molecular complexity index is 378. The summed E-state index contributed by atoms with van der Waals surface area (Å²) < 4.78 is 0. The van der Waals surface area contributed by atoms with Crippen molar-refractivity contribution in [3.63, 3.8) is 0 Å². The highest BCUT2D eigenvalue weighted by atomic mass is 16.6. The van der Waals surface area contributed by atoms with Gasteiger partial charge >= 0.3 is 7.12 Å². The first-order valence-corrected chi connectivity index (χ1v) is 4.58. The Kier molecular flexibility index (Phi) is 3.44. The Morgan fingerprint density at radius 3 is 2.40 bits per heavy atom. The predicted octanol–water partition coefficient (Wildman–Crippen LogP) is 0.398. The molecule has 0 aromatic heterocycles. The summed E-state index contributed by atoms with van der Waals surface area (Å²) in [6, 6.07) is 4.28. The number of nitro benzene ring substituents is 1. The molecule has 0 saturated heterocycles. The van der Waals surface area contributed by atoms with Crippen LogP contribution in [0.15, 0.2) is 18.2 Å². The molecule has 1 aromatic rings. The normalized spacial score (nSPS) is 10.5. The third kappa shape index (κ3) is 2.34. The summed E-state index contributed by atoms with van der Waals surface area (Å²) in [6.07, 6.45) is 0. The van der Waals surface area contributed by atoms with Crippen molar-refractivity contribution in [2.24, 2.45) is 0 Å². The lowest BCUT2D eigenvalue weighted by atomic mass is 9.74. The van der Waals surface area contributed by atoms with Gasteiger partial charge in [-0.15, -0.1) is 0 Å². The van der Waals surface area contributed by atoms with Crippen molar-refractivity contribution in [1.82, 2.24) is 0 Å². The molecule has 80 valence electrons. The SMILES string of the molecule is CC(C)c1c(B(O)O)cccc1[N+](=O)[O-]. The van der Waals surface area contributed by atoms with Gasteiger partial charge in [0.15, 0.2) is 0 Å². The third-order valence-corrected chi connectivity index (χ3v) is 2.17. The molecule has 2 N–H and O–H groups in total. The first-order valence-electron chi connectivity index (χ1n) is 4.58. The lowest BCUT2D eigenvalue weighted by Gasteiger charge is -2.11. The molecule has 0 atom stereocenters. The molecule has 0 saturated carbocycles. The van der Waals surface area contributed by atoms with Gasteiger partial charge in [-0.2, -0.15) is 0 Å². The topological polar surface area (TPSA) is 83.6 Å². The van der Waals surface area contributed by atoms with Crippen molar-refractivity contribution < 1.29 is 15.0 Å². The van der Waals surface area contributed by atoms with Gasteiger partial charge in [0.25, 0.3) is 5.69 Å². The van der Waals surface area contributed by atoms with E-state index in [-0.39, 0.29) is 17.1 Å². The van der Waals surface area contributed by atoms with E-state index in [0.717, 1.165) is 0 Å². The van der Waals surface area contributed by atoms with Crippen LogP contribution in [0.5, 0.6) is 0 Å². The molecule has 0 radical (unpaired) electrons. The number of hydrogen-bond donors (Lipinski definition) is 2. The first kappa shape index (κ1) is 11.7. The Morgan fingerprint density at radius 2 is 2.00 bits per heavy atom. The number of rotatable bonds is 3. The molecule has 0 aliphatic carbocycles. The Balaban J connectivity index is 3.42. The van der Waals surface area contributed by atoms with Crippen molar-refractivity contribution in [1.29, 1.82) is 0 Å². The largest absolute Gasteiger partial charge is 0.488 e. The maximum Gasteiger partial charge on any atom is 0.488 e. The summed E-state index contributed by atoms with van der Waals surface area (Å²) in [6.45, 7) is 3.54. The van der Waals surface area contributed by atoms with E-state index < -0.39 is 12.0 Å². The molecule has 15 heavy (non-hydrogen) atoms. The summed E-state index contributed by atoms with van der Waals surface area (Å²) in [5.74, 6) is -0.136. The zero-order chi connectivity index (χ0) is 11.6. The van der Waals surface area contributed by atoms with E-state index in [4.69, 9.17) is 10.0 Å². The highest BCUT2D eigenvalue weighted by Gasteiger charge is 2.25. The van der Waals surface area contributed by atoms with Gasteiger partial charge < -0.3 is 10.0 Å². The number of hydrogen-bond acceptors (Lipinski definition) is 4. The van der Waals surface area contributed by atoms with E-state index in [1.165, 1.54) is 18.2 Å². The van der Waals surface area contributed by atoms with Crippen molar-refractivity contribution in [2.75, 3.05) is 0 Å². The van der Waals surface area contributed by atoms with Crippen LogP contribution in [0, 0.1) is 10.1 Å². The molecule has 0 amide bonds. The van der Waals surface area contributed by atoms with Crippen LogP contribution in [0.1, 0.15) is 25.3 Å². The average molecular weight is 209 g/mol. The third-order valence-electron chi connectivity index (χ3n) is 2.17. The number of nitrogens with zero attached hydrogens (tertiary/aromatic N) is 1. The Labute approximate surface area is 87.7 Å². The highest BCUT2D eigenvalue weighted by Crippen LogP contribution is 2.24. The second-order valence-electron chi connectivity index (χ2n) is 3.57. The molecule has 6 heteroatoms. The van der Waals surface area contributed by atoms with Crippen LogP contribution in [0.4, 0.5) is 5.69 Å². The van der Waals surface area contributed by atoms with E-state index in [0.29, 0.717) is 5.56 Å². The molecule has 0 fully saturated rings. The fourth-order valence-electron chi connectivity index (χ4n) is 1.58. The van der Waals surface area contributed by atoms with E-state index in [1.807, 2.05) is 0 Å². The molecule has 0 bridgehead atoms. The lowest BCUT2D eigenvalue weighted by Crippen LogP contribution is -2.34. The van der Waals surface area contributed by atoms with Gasteiger partial charge in [0, 0.05) is 11.6 Å². The van der Waals surface area contributed by atoms with Crippen molar-refractivity contribution in [3.8, 4) is 0 Å². The molecule has 0 spiro atoms. The van der Waals surface area contributed by atoms with Gasteiger partial charge in [-0.3, -0.25) is 10.1 Å². The molecule has 1 aromatic carbocycles. The molecular weight excluding hydrogens is 197 g/mol. The van der Waals surface area contributed by atoms with Crippen molar-refractivity contribution in [2.45, 2.75) is 19.8 Å². The number of benzene rings is 1. The second-order valence-corrected chi connectivity index (χ2v) is 3.57. The lowest BCUT2D eigenvalue weighted by molar-refractivity contribution is -0.385. The average Bonchev–Trinajstić information content (AvgIpc) is 2.16. The maximum atomic E-state index is 10.7. The van der Waals surface area contributed by atoms with Crippen LogP contribution >= 0.6 is 0 Å². The minimum Gasteiger partial charge on any atom is -0.423 e. The molecule has 0 aliphatic rings. The molecule has 5 nitrogen and oxygen atoms in total. The summed E-state index contributed by atoms with van der Waals surface area (Å²) in [5.41, 5.74) is 0.493. The summed E-state index contributed by atoms with van der Waals surface area (Å²) >= 11 is 0. The van der Waals surface area contributed by atoms with Gasteiger partial charge in [-0.25, -0.2) is 0 Å². The summed E-state index contributed by atoms with van der Waals surface area (Å²) in [5, 5.41) is 28.9. The van der Waals surface area contributed by atoms with Crippen LogP contribution < -0.4 is 5.46 Å². The Hall–Kier alpha value is -1.40. The van der Waals surface area contributed by atoms with E-state index in [2.05, 4.69) is 0 Å². The molecular formula is C9H12BNO4. The van der Waals surface area contributed by atoms with E-state index in [1.54, 1.807) is 13.8 Å². The fraction of sp³-hybridized carbons (Fsp3) is 0.333. The molecule has 1 rings (SSSR count). The Morgan fingerprint density at radius 1 is 1.40 bits per heavy atom. The minimum absolute atomic E-state index is 0.0735. The molecule has 0 aliphatic heterocycles. The van der Waals surface area contributed by atoms with Gasteiger partial charge in [-0.1, -0.05) is 26.0 Å². The highest BCUT2D eigenvalue weighted by molar-refractivity contribution is 6.59. The summed E-state index contributed by atoms with van der Waals surface area (Å²) in [4.78, 5) is 10.2. The zero-order valence-electron chi connectivity index (χ0n) is 8.54. The van der Waals surface area contributed by atoms with E-state index in [9.17, 15) is 10.1 Å². The smallest absolute Gasteiger partial charge is 0.423 e. The van der Waals surface area contributed by atoms with Gasteiger partial charge in [0.05, 0.1) is 4.92 Å². The van der Waals surface area contributed by atoms with Gasteiger partial charge in [0.2, 0.25) is 0 Å². The maximum absolute atomic E-state index is 10.7. The zero-order valence-corrected chi connectivity index (χ0v) is 8.54. The van der Waals surface area contributed by atoms with Crippen LogP contribution in [0.2, 0.25) is 0 Å². The number of nitro groups is 1. The van der Waals surface area contributed by atoms with Crippen LogP contribution in [-0.2, 0) is 0 Å². The van der Waals surface area contributed by atoms with Gasteiger partial charge in [0.1, 0.15) is 0 Å². The minimum atomic E-state index is -1.68. The van der Waals surface area contributed by atoms with Gasteiger partial charge in [-0.05, 0) is 11.4 Å². The predicted molar refractivity (Wildman–Crippen MR) is 57.0 cm³/mol. The molecule has 0 unspecified atom stereocenters. The van der Waals surface area contributed by atoms with Crippen LogP contribution in [0.25, 0.3) is 0 Å². The monoisotopic (exact) mass is 209 g/mol. The van der Waals surface area contributed by atoms with Crippen molar-refractivity contribution in [3.05, 3.63) is 33.9 Å².